The molecule has 0 aliphatic carbocycles. The van der Waals surface area contributed by atoms with E-state index in [0.29, 0.717) is 6.42 Å². The van der Waals surface area contributed by atoms with Crippen LogP contribution in [0.1, 0.15) is 24.8 Å². The molecule has 3 N–H and O–H groups in total. The molecule has 2 rings (SSSR count). The molecule has 1 aliphatic heterocycles. The van der Waals surface area contributed by atoms with Crippen molar-refractivity contribution in [3.63, 3.8) is 0 Å². The van der Waals surface area contributed by atoms with Crippen LogP contribution >= 0.6 is 0 Å². The van der Waals surface area contributed by atoms with Gasteiger partial charge in [-0.25, -0.2) is 0 Å². The summed E-state index contributed by atoms with van der Waals surface area (Å²) in [5.74, 6) is 0.974. The van der Waals surface area contributed by atoms with Crippen LogP contribution in [0.25, 0.3) is 0 Å². The van der Waals surface area contributed by atoms with Crippen LogP contribution in [0.2, 0.25) is 0 Å². The molecule has 4 nitrogen and oxygen atoms in total. The Bertz CT molecular complexity index is 414. The van der Waals surface area contributed by atoms with Gasteiger partial charge >= 0.3 is 0 Å². The predicted octanol–water partition coefficient (Wildman–Crippen LogP) is 1.44. The van der Waals surface area contributed by atoms with E-state index in [-0.39, 0.29) is 11.7 Å². The Morgan fingerprint density at radius 2 is 2.16 bits per heavy atom. The van der Waals surface area contributed by atoms with Gasteiger partial charge in [-0.1, -0.05) is 12.1 Å². The lowest BCUT2D eigenvalue weighted by Gasteiger charge is -2.22. The fourth-order valence-corrected chi connectivity index (χ4v) is 2.50. The van der Waals surface area contributed by atoms with Gasteiger partial charge in [-0.15, -0.1) is 0 Å². The second-order valence-electron chi connectivity index (χ2n) is 5.18. The average molecular weight is 262 g/mol. The fraction of sp³-hybridized carbons (Fsp3) is 0.533. The Morgan fingerprint density at radius 3 is 2.89 bits per heavy atom. The van der Waals surface area contributed by atoms with Crippen molar-refractivity contribution in [1.29, 1.82) is 0 Å². The van der Waals surface area contributed by atoms with Gasteiger partial charge in [-0.2, -0.15) is 0 Å². The van der Waals surface area contributed by atoms with Gasteiger partial charge < -0.3 is 15.7 Å². The third kappa shape index (κ3) is 4.91. The lowest BCUT2D eigenvalue weighted by molar-refractivity contribution is -0.120. The van der Waals surface area contributed by atoms with Crippen LogP contribution in [0.5, 0.6) is 5.75 Å². The number of carbonyl (C=O) groups excluding carboxylic acids is 1. The minimum absolute atomic E-state index is 0.0273. The fourth-order valence-electron chi connectivity index (χ4n) is 2.50. The highest BCUT2D eigenvalue weighted by Crippen LogP contribution is 2.15. The molecule has 1 aromatic carbocycles. The van der Waals surface area contributed by atoms with E-state index in [2.05, 4.69) is 10.6 Å². The summed E-state index contributed by atoms with van der Waals surface area (Å²) in [6, 6.07) is 6.85. The molecular formula is C15H22N2O2. The first kappa shape index (κ1) is 13.9. The van der Waals surface area contributed by atoms with Crippen molar-refractivity contribution in [2.45, 2.75) is 25.7 Å². The summed E-state index contributed by atoms with van der Waals surface area (Å²) in [6.45, 7) is 2.95. The smallest absolute Gasteiger partial charge is 0.224 e. The molecule has 1 saturated heterocycles. The number of amides is 1. The van der Waals surface area contributed by atoms with E-state index < -0.39 is 0 Å². The van der Waals surface area contributed by atoms with Gasteiger partial charge in [0, 0.05) is 6.54 Å². The topological polar surface area (TPSA) is 61.4 Å². The number of piperidine rings is 1. The van der Waals surface area contributed by atoms with Gasteiger partial charge in [0.1, 0.15) is 5.75 Å². The molecule has 0 spiro atoms. The highest BCUT2D eigenvalue weighted by molar-refractivity contribution is 5.78. The highest BCUT2D eigenvalue weighted by Gasteiger charge is 2.12. The number of aromatic hydroxyl groups is 1. The minimum atomic E-state index is 0.0273. The Balaban J connectivity index is 1.67. The number of phenolic OH excluding ortho intramolecular Hbond substituents is 1. The zero-order chi connectivity index (χ0) is 13.5. The number of rotatable bonds is 5. The van der Waals surface area contributed by atoms with Gasteiger partial charge in [0.2, 0.25) is 5.91 Å². The summed E-state index contributed by atoms with van der Waals surface area (Å²) in [5.41, 5.74) is 0.847. The zero-order valence-corrected chi connectivity index (χ0v) is 11.2. The number of carbonyl (C=O) groups is 1. The molecule has 0 bridgehead atoms. The van der Waals surface area contributed by atoms with E-state index in [4.69, 9.17) is 0 Å². The molecule has 19 heavy (non-hydrogen) atoms. The lowest BCUT2D eigenvalue weighted by atomic mass is 9.95. The van der Waals surface area contributed by atoms with Crippen molar-refractivity contribution < 1.29 is 9.90 Å². The second-order valence-corrected chi connectivity index (χ2v) is 5.18. The predicted molar refractivity (Wildman–Crippen MR) is 75.0 cm³/mol. The quantitative estimate of drug-likeness (QED) is 0.752. The first-order valence-corrected chi connectivity index (χ1v) is 6.99. The van der Waals surface area contributed by atoms with Crippen LogP contribution < -0.4 is 10.6 Å². The number of hydrogen-bond acceptors (Lipinski definition) is 3. The van der Waals surface area contributed by atoms with E-state index in [1.165, 1.54) is 12.8 Å². The van der Waals surface area contributed by atoms with Crippen molar-refractivity contribution in [2.24, 2.45) is 5.92 Å². The van der Waals surface area contributed by atoms with Crippen LogP contribution in [-0.4, -0.2) is 30.6 Å². The number of benzene rings is 1. The van der Waals surface area contributed by atoms with Crippen LogP contribution in [0.3, 0.4) is 0 Å². The van der Waals surface area contributed by atoms with Crippen LogP contribution in [0, 0.1) is 5.92 Å². The van der Waals surface area contributed by atoms with Crippen LogP contribution in [0.4, 0.5) is 0 Å². The molecule has 0 saturated carbocycles. The third-order valence-corrected chi connectivity index (χ3v) is 3.61. The monoisotopic (exact) mass is 262 g/mol. The van der Waals surface area contributed by atoms with Crippen molar-refractivity contribution in [1.82, 2.24) is 10.6 Å². The van der Waals surface area contributed by atoms with Gasteiger partial charge in [-0.3, -0.25) is 4.79 Å². The molecule has 104 valence electrons. The zero-order valence-electron chi connectivity index (χ0n) is 11.2. The molecule has 1 aliphatic rings. The molecular weight excluding hydrogens is 240 g/mol. The minimum Gasteiger partial charge on any atom is -0.508 e. The van der Waals surface area contributed by atoms with Gasteiger partial charge in [0.15, 0.2) is 0 Å². The summed E-state index contributed by atoms with van der Waals surface area (Å²) in [7, 11) is 0. The Hall–Kier alpha value is -1.55. The second kappa shape index (κ2) is 7.14. The standard InChI is InChI=1S/C15H22N2O2/c18-14-3-1-2-13(10-14)11-15(19)17-9-6-12-4-7-16-8-5-12/h1-3,10,12,16,18H,4-9,11H2,(H,17,19). The SMILES string of the molecule is O=C(Cc1cccc(O)c1)NCCC1CCNCC1. The molecule has 1 fully saturated rings. The summed E-state index contributed by atoms with van der Waals surface area (Å²) >= 11 is 0. The Kier molecular flexibility index (Phi) is 5.21. The maximum Gasteiger partial charge on any atom is 0.224 e. The van der Waals surface area contributed by atoms with Crippen molar-refractivity contribution in [2.75, 3.05) is 19.6 Å². The summed E-state index contributed by atoms with van der Waals surface area (Å²) < 4.78 is 0. The van der Waals surface area contributed by atoms with E-state index in [1.807, 2.05) is 6.07 Å². The molecule has 0 unspecified atom stereocenters. The molecule has 0 aromatic heterocycles. The van der Waals surface area contributed by atoms with E-state index >= 15 is 0 Å². The average Bonchev–Trinajstić information content (AvgIpc) is 2.40. The maximum absolute atomic E-state index is 11.8. The van der Waals surface area contributed by atoms with Crippen LogP contribution in [-0.2, 0) is 11.2 Å². The third-order valence-electron chi connectivity index (χ3n) is 3.61. The molecule has 1 amide bonds. The largest absolute Gasteiger partial charge is 0.508 e. The Morgan fingerprint density at radius 1 is 1.37 bits per heavy atom. The number of phenols is 1. The van der Waals surface area contributed by atoms with Crippen molar-refractivity contribution in [3.05, 3.63) is 29.8 Å². The molecule has 4 heteroatoms. The van der Waals surface area contributed by atoms with Gasteiger partial charge in [0.05, 0.1) is 6.42 Å². The summed E-state index contributed by atoms with van der Waals surface area (Å²) in [5, 5.41) is 15.6. The molecule has 0 atom stereocenters. The summed E-state index contributed by atoms with van der Waals surface area (Å²) in [6.07, 6.45) is 3.82. The molecule has 1 heterocycles. The number of nitrogens with one attached hydrogen (secondary N) is 2. The van der Waals surface area contributed by atoms with E-state index in [0.717, 1.165) is 37.5 Å². The van der Waals surface area contributed by atoms with Crippen molar-refractivity contribution in [3.8, 4) is 5.75 Å². The first-order valence-electron chi connectivity index (χ1n) is 6.99. The number of hydrogen-bond donors (Lipinski definition) is 3. The Labute approximate surface area is 114 Å². The molecule has 1 aromatic rings. The van der Waals surface area contributed by atoms with Gasteiger partial charge in [0.25, 0.3) is 0 Å². The highest BCUT2D eigenvalue weighted by atomic mass is 16.3. The molecule has 0 radical (unpaired) electrons. The lowest BCUT2D eigenvalue weighted by Crippen LogP contribution is -2.31. The van der Waals surface area contributed by atoms with Gasteiger partial charge in [-0.05, 0) is 56.0 Å². The normalized spacial score (nSPS) is 16.2. The van der Waals surface area contributed by atoms with Crippen LogP contribution in [0.15, 0.2) is 24.3 Å². The van der Waals surface area contributed by atoms with Crippen molar-refractivity contribution >= 4 is 5.91 Å². The maximum atomic E-state index is 11.8. The first-order chi connectivity index (χ1) is 9.24. The van der Waals surface area contributed by atoms with E-state index in [9.17, 15) is 9.90 Å². The summed E-state index contributed by atoms with van der Waals surface area (Å²) in [4.78, 5) is 11.8. The van der Waals surface area contributed by atoms with E-state index in [1.54, 1.807) is 18.2 Å².